The minimum absolute atomic E-state index is 0.112. The molecule has 1 aromatic rings. The van der Waals surface area contributed by atoms with E-state index in [-0.39, 0.29) is 30.1 Å². The van der Waals surface area contributed by atoms with Crippen molar-refractivity contribution >= 4 is 77.0 Å². The van der Waals surface area contributed by atoms with Crippen molar-refractivity contribution in [1.29, 1.82) is 0 Å². The van der Waals surface area contributed by atoms with E-state index in [1.807, 2.05) is 0 Å². The molecule has 0 fully saturated rings. The Morgan fingerprint density at radius 1 is 0.453 bits per heavy atom. The Kier molecular flexibility index (Phi) is 28.0. The van der Waals surface area contributed by atoms with E-state index in [0.717, 1.165) is 0 Å². The first-order valence-corrected chi connectivity index (χ1v) is 23.4. The summed E-state index contributed by atoms with van der Waals surface area (Å²) in [5.41, 5.74) is 16.3. The second-order valence-electron chi connectivity index (χ2n) is 18.1. The summed E-state index contributed by atoms with van der Waals surface area (Å²) in [6.07, 6.45) is -5.26. The zero-order valence-corrected chi connectivity index (χ0v) is 41.7. The number of nitrogens with two attached hydrogens (primary N) is 3. The average molecular weight is 1070 g/mol. The Labute approximate surface area is 429 Å². The fourth-order valence-corrected chi connectivity index (χ4v) is 6.82. The SMILES string of the molecule is CC(C)C[C@H](NC(=O)[C@H](CC(=O)O)NC(=O)[C@H](CC(C)C)NC(=O)[C@H](Cc1ccc(O)cc1)NC(=O)[C@H](CCC(=O)O)NC(=O)[C@H](CCC(N)=O)NC(=O)[C@H](CC(N)=O)NC(=O)[C@@H](N)CO)C(=O)N[C@@H](CO)C(=O)O. The Hall–Kier alpha value is -7.99. The lowest BCUT2D eigenvalue weighted by atomic mass is 9.99. The maximum atomic E-state index is 14.3. The largest absolute Gasteiger partial charge is 0.508 e. The molecule has 1 rings (SSSR count). The molecule has 0 aromatic heterocycles. The maximum Gasteiger partial charge on any atom is 0.328 e. The number of carbonyl (C=O) groups excluding carboxylic acids is 10. The van der Waals surface area contributed by atoms with Gasteiger partial charge >= 0.3 is 17.9 Å². The third-order valence-corrected chi connectivity index (χ3v) is 10.7. The lowest BCUT2D eigenvalue weighted by Gasteiger charge is -2.28. The van der Waals surface area contributed by atoms with E-state index in [9.17, 15) is 93.0 Å². The molecule has 0 radical (unpaired) electrons. The Morgan fingerprint density at radius 2 is 0.827 bits per heavy atom. The summed E-state index contributed by atoms with van der Waals surface area (Å²) in [7, 11) is 0. The van der Waals surface area contributed by atoms with Crippen molar-refractivity contribution < 1.29 is 93.0 Å². The predicted molar refractivity (Wildman–Crippen MR) is 257 cm³/mol. The van der Waals surface area contributed by atoms with Crippen molar-refractivity contribution in [2.45, 2.75) is 140 Å². The van der Waals surface area contributed by atoms with Crippen LogP contribution in [-0.4, -0.2) is 175 Å². The summed E-state index contributed by atoms with van der Waals surface area (Å²) < 4.78 is 0. The molecule has 0 saturated carbocycles. The van der Waals surface area contributed by atoms with Crippen molar-refractivity contribution in [2.24, 2.45) is 29.0 Å². The number of aromatic hydroxyl groups is 1. The average Bonchev–Trinajstić information content (AvgIpc) is 3.31. The molecular weight excluding hydrogens is 999 g/mol. The van der Waals surface area contributed by atoms with Gasteiger partial charge in [0.2, 0.25) is 59.1 Å². The molecule has 418 valence electrons. The number of hydrogen-bond donors (Lipinski definition) is 17. The molecule has 10 amide bonds. The van der Waals surface area contributed by atoms with Crippen molar-refractivity contribution in [3.63, 3.8) is 0 Å². The second-order valence-corrected chi connectivity index (χ2v) is 18.1. The summed E-state index contributed by atoms with van der Waals surface area (Å²) in [6, 6.07) is -10.3. The smallest absolute Gasteiger partial charge is 0.328 e. The number of carbonyl (C=O) groups is 13. The molecule has 30 nitrogen and oxygen atoms in total. The van der Waals surface area contributed by atoms with Gasteiger partial charge in [-0.05, 0) is 55.2 Å². The van der Waals surface area contributed by atoms with Gasteiger partial charge in [0.1, 0.15) is 60.1 Å². The fraction of sp³-hybridized carbons (Fsp3) is 0.578. The molecule has 0 heterocycles. The first kappa shape index (κ1) is 65.0. The number of carboxylic acids is 3. The van der Waals surface area contributed by atoms with Gasteiger partial charge in [0.05, 0.1) is 26.1 Å². The van der Waals surface area contributed by atoms with Gasteiger partial charge in [-0.2, -0.15) is 0 Å². The van der Waals surface area contributed by atoms with Gasteiger partial charge in [-0.15, -0.1) is 0 Å². The Morgan fingerprint density at radius 3 is 1.23 bits per heavy atom. The third kappa shape index (κ3) is 25.0. The summed E-state index contributed by atoms with van der Waals surface area (Å²) in [4.78, 5) is 168. The highest BCUT2D eigenvalue weighted by Crippen LogP contribution is 2.14. The number of benzene rings is 1. The molecule has 75 heavy (non-hydrogen) atoms. The van der Waals surface area contributed by atoms with Crippen molar-refractivity contribution in [3.8, 4) is 5.75 Å². The minimum Gasteiger partial charge on any atom is -0.508 e. The maximum absolute atomic E-state index is 14.3. The molecular formula is C45H69N11O19. The molecule has 9 atom stereocenters. The van der Waals surface area contributed by atoms with Crippen LogP contribution >= 0.6 is 0 Å². The number of amides is 10. The Balaban J connectivity index is 3.69. The number of rotatable bonds is 35. The van der Waals surface area contributed by atoms with Crippen LogP contribution in [0.2, 0.25) is 0 Å². The van der Waals surface area contributed by atoms with E-state index in [0.29, 0.717) is 0 Å². The first-order chi connectivity index (χ1) is 35.0. The van der Waals surface area contributed by atoms with Gasteiger partial charge in [0.15, 0.2) is 0 Å². The zero-order valence-electron chi connectivity index (χ0n) is 41.7. The number of aliphatic hydroxyl groups is 2. The van der Waals surface area contributed by atoms with Gasteiger partial charge in [-0.3, -0.25) is 57.5 Å². The van der Waals surface area contributed by atoms with Gasteiger partial charge < -0.3 is 90.4 Å². The van der Waals surface area contributed by atoms with Gasteiger partial charge in [0, 0.05) is 19.3 Å². The lowest BCUT2D eigenvalue weighted by molar-refractivity contribution is -0.144. The van der Waals surface area contributed by atoms with E-state index in [1.165, 1.54) is 24.3 Å². The zero-order chi connectivity index (χ0) is 57.3. The number of carboxylic acid groups (broad SMARTS) is 3. The second kappa shape index (κ2) is 32.2. The van der Waals surface area contributed by atoms with Crippen LogP contribution < -0.4 is 59.7 Å². The number of phenols is 1. The number of phenolic OH excluding ortho intramolecular Hbond substituents is 1. The monoisotopic (exact) mass is 1070 g/mol. The normalized spacial score (nSPS) is 14.6. The quantitative estimate of drug-likeness (QED) is 0.0301. The number of hydrogen-bond acceptors (Lipinski definition) is 17. The molecule has 0 aliphatic heterocycles. The van der Waals surface area contributed by atoms with E-state index < -0.39 is 195 Å². The summed E-state index contributed by atoms with van der Waals surface area (Å²) >= 11 is 0. The van der Waals surface area contributed by atoms with Crippen LogP contribution in [0.15, 0.2) is 24.3 Å². The van der Waals surface area contributed by atoms with Crippen LogP contribution in [0.3, 0.4) is 0 Å². The van der Waals surface area contributed by atoms with Crippen molar-refractivity contribution in [1.82, 2.24) is 42.5 Å². The van der Waals surface area contributed by atoms with Crippen LogP contribution in [0.5, 0.6) is 5.75 Å². The molecule has 0 unspecified atom stereocenters. The number of nitrogens with one attached hydrogen (secondary N) is 8. The van der Waals surface area contributed by atoms with Crippen LogP contribution in [0.25, 0.3) is 0 Å². The van der Waals surface area contributed by atoms with Gasteiger partial charge in [0.25, 0.3) is 0 Å². The number of primary amides is 2. The molecule has 0 aliphatic carbocycles. The van der Waals surface area contributed by atoms with E-state index in [4.69, 9.17) is 17.2 Å². The molecule has 0 aliphatic rings. The molecule has 0 spiro atoms. The van der Waals surface area contributed by atoms with Crippen LogP contribution in [-0.2, 0) is 68.7 Å². The topological polar surface area (TPSA) is 518 Å². The van der Waals surface area contributed by atoms with Crippen LogP contribution in [0.1, 0.15) is 84.6 Å². The summed E-state index contributed by atoms with van der Waals surface area (Å²) in [5, 5.41) is 75.2. The summed E-state index contributed by atoms with van der Waals surface area (Å²) in [5.74, 6) is -17.0. The standard InChI is InChI=1S/C45H69N11O19/c1-20(2)13-27(40(69)55-31(17-36(64)65)44(73)53-28(14-21(3)4)41(70)56-32(19-58)45(74)75)52-42(71)29(15-22-5-7-23(59)8-6-22)54-39(68)26(10-12-35(62)63)49-38(67)25(9-11-33(47)60)50-43(72)30(16-34(48)61)51-37(66)24(46)18-57/h5-8,20-21,24-32,57-59H,9-19,46H2,1-4H3,(H2,47,60)(H2,48,61)(H,49,67)(H,50,72)(H,51,66)(H,52,71)(H,53,73)(H,54,68)(H,55,69)(H,56,70)(H,62,63)(H,64,65)(H,74,75)/t24-,25-,26-,27-,28-,29-,30-,31-,32-/m0/s1. The van der Waals surface area contributed by atoms with Crippen LogP contribution in [0.4, 0.5) is 0 Å². The van der Waals surface area contributed by atoms with Gasteiger partial charge in [-0.1, -0.05) is 39.8 Å². The first-order valence-electron chi connectivity index (χ1n) is 23.4. The predicted octanol–water partition coefficient (Wildman–Crippen LogP) is -6.22. The van der Waals surface area contributed by atoms with E-state index in [2.05, 4.69) is 42.5 Å². The van der Waals surface area contributed by atoms with Gasteiger partial charge in [-0.25, -0.2) is 4.79 Å². The molecule has 1 aromatic carbocycles. The van der Waals surface area contributed by atoms with E-state index in [1.54, 1.807) is 27.7 Å². The Bertz CT molecular complexity index is 2210. The van der Waals surface area contributed by atoms with Crippen molar-refractivity contribution in [2.75, 3.05) is 13.2 Å². The highest BCUT2D eigenvalue weighted by molar-refractivity contribution is 5.99. The molecule has 30 heteroatoms. The molecule has 20 N–H and O–H groups in total. The highest BCUT2D eigenvalue weighted by atomic mass is 16.4. The number of aliphatic hydroxyl groups excluding tert-OH is 2. The van der Waals surface area contributed by atoms with Crippen LogP contribution in [0, 0.1) is 11.8 Å². The van der Waals surface area contributed by atoms with E-state index >= 15 is 0 Å². The highest BCUT2D eigenvalue weighted by Gasteiger charge is 2.36. The molecule has 0 saturated heterocycles. The lowest BCUT2D eigenvalue weighted by Crippen LogP contribution is -2.61. The fourth-order valence-electron chi connectivity index (χ4n) is 6.82. The number of aliphatic carboxylic acids is 3. The minimum atomic E-state index is -1.92. The summed E-state index contributed by atoms with van der Waals surface area (Å²) in [6.45, 7) is 4.67. The molecule has 0 bridgehead atoms. The van der Waals surface area contributed by atoms with Crippen molar-refractivity contribution in [3.05, 3.63) is 29.8 Å². The third-order valence-electron chi connectivity index (χ3n) is 10.7.